The molecule has 0 fully saturated rings. The molecule has 0 N–H and O–H groups in total. The van der Waals surface area contributed by atoms with Crippen LogP contribution in [-0.2, 0) is 14.1 Å². The average molecular weight is 639 g/mol. The molecule has 0 radical (unpaired) electrons. The van der Waals surface area contributed by atoms with Crippen LogP contribution in [0.3, 0.4) is 0 Å². The van der Waals surface area contributed by atoms with E-state index in [0.717, 1.165) is 34.3 Å². The third kappa shape index (κ3) is 5.21. The zero-order valence-electron chi connectivity index (χ0n) is 28.5. The molecule has 0 bridgehead atoms. The zero-order chi connectivity index (χ0) is 33.0. The van der Waals surface area contributed by atoms with Crippen LogP contribution in [0.25, 0.3) is 48.5 Å². The molecule has 0 spiro atoms. The van der Waals surface area contributed by atoms with Crippen LogP contribution < -0.4 is 13.9 Å². The minimum Gasteiger partial charge on any atom is -0.405 e. The highest BCUT2D eigenvalue weighted by Gasteiger charge is 2.29. The van der Waals surface area contributed by atoms with Crippen LogP contribution in [0, 0.1) is 13.8 Å². The molecule has 7 rings (SSSR count). The SMILES string of the molecule is Cc1ccc2c(sc3ccccc32)c1-c1cccc(Oc2cccc(-c3n(-c4c(C(C)C)cccc4C(C)C)nc[n+]3C)c2C)[n+]1C. The first kappa shape index (κ1) is 30.8. The van der Waals surface area contributed by atoms with Crippen LogP contribution in [0.2, 0.25) is 0 Å². The van der Waals surface area contributed by atoms with Crippen molar-refractivity contribution in [3.8, 4) is 40.0 Å². The third-order valence-corrected chi connectivity index (χ3v) is 10.6. The van der Waals surface area contributed by atoms with E-state index in [0.29, 0.717) is 11.8 Å². The Morgan fingerprint density at radius 2 is 1.45 bits per heavy atom. The number of fused-ring (bicyclic) bond motifs is 3. The second kappa shape index (κ2) is 12.1. The molecular formula is C41H42N4OS+2. The Balaban J connectivity index is 1.33. The number of hydrogen-bond acceptors (Lipinski definition) is 3. The van der Waals surface area contributed by atoms with Gasteiger partial charge in [0.25, 0.3) is 12.2 Å². The van der Waals surface area contributed by atoms with Crippen LogP contribution in [0.4, 0.5) is 0 Å². The van der Waals surface area contributed by atoms with Gasteiger partial charge in [0.15, 0.2) is 0 Å². The number of pyridine rings is 1. The molecule has 4 aromatic carbocycles. The minimum absolute atomic E-state index is 0.358. The Labute approximate surface area is 281 Å². The van der Waals surface area contributed by atoms with E-state index in [2.05, 4.69) is 154 Å². The second-order valence-electron chi connectivity index (χ2n) is 13.1. The molecule has 0 unspecified atom stereocenters. The third-order valence-electron chi connectivity index (χ3n) is 9.37. The Bertz CT molecular complexity index is 2270. The predicted molar refractivity (Wildman–Crippen MR) is 194 cm³/mol. The highest BCUT2D eigenvalue weighted by molar-refractivity contribution is 7.26. The second-order valence-corrected chi connectivity index (χ2v) is 14.2. The van der Waals surface area contributed by atoms with Crippen molar-refractivity contribution in [3.63, 3.8) is 0 Å². The van der Waals surface area contributed by atoms with Gasteiger partial charge in [0, 0.05) is 36.9 Å². The first-order valence-electron chi connectivity index (χ1n) is 16.4. The first-order chi connectivity index (χ1) is 22.7. The fourth-order valence-corrected chi connectivity index (χ4v) is 8.12. The van der Waals surface area contributed by atoms with Gasteiger partial charge in [-0.3, -0.25) is 0 Å². The zero-order valence-corrected chi connectivity index (χ0v) is 29.3. The van der Waals surface area contributed by atoms with Crippen molar-refractivity contribution in [2.45, 2.75) is 53.4 Å². The standard InChI is InChI=1S/C41H42N4OS/c1-25(2)29-15-11-16-30(26(3)4)39(29)45-41(43(7)24-42-45)31-17-12-19-35(28(31)6)46-37-21-13-18-34(44(37)8)38-27(5)22-23-33-32-14-9-10-20-36(32)47-40(33)38/h9-26H,1-8H3/q+2. The number of aryl methyl sites for hydroxylation is 2. The van der Waals surface area contributed by atoms with Gasteiger partial charge in [-0.2, -0.15) is 4.57 Å². The maximum atomic E-state index is 6.79. The topological polar surface area (TPSA) is 34.8 Å². The van der Waals surface area contributed by atoms with Crippen LogP contribution in [0.15, 0.2) is 97.3 Å². The normalized spacial score (nSPS) is 11.8. The summed E-state index contributed by atoms with van der Waals surface area (Å²) in [6.45, 7) is 13.4. The van der Waals surface area contributed by atoms with E-state index in [1.807, 2.05) is 23.7 Å². The summed E-state index contributed by atoms with van der Waals surface area (Å²) < 4.78 is 15.8. The monoisotopic (exact) mass is 638 g/mol. The number of benzene rings is 4. The molecule has 0 aliphatic heterocycles. The summed E-state index contributed by atoms with van der Waals surface area (Å²) in [5.74, 6) is 3.34. The summed E-state index contributed by atoms with van der Waals surface area (Å²) in [7, 11) is 4.17. The van der Waals surface area contributed by atoms with Crippen molar-refractivity contribution in [3.05, 3.63) is 120 Å². The Morgan fingerprint density at radius 3 is 2.19 bits per heavy atom. The average Bonchev–Trinajstić information content (AvgIpc) is 3.62. The molecular weight excluding hydrogens is 597 g/mol. The van der Waals surface area contributed by atoms with Gasteiger partial charge in [0.05, 0.1) is 24.2 Å². The number of rotatable bonds is 7. The predicted octanol–water partition coefficient (Wildman–Crippen LogP) is 9.88. The van der Waals surface area contributed by atoms with Gasteiger partial charge in [0.2, 0.25) is 5.69 Å². The highest BCUT2D eigenvalue weighted by atomic mass is 32.1. The summed E-state index contributed by atoms with van der Waals surface area (Å²) in [6.07, 6.45) is 1.91. The fourth-order valence-electron chi connectivity index (χ4n) is 6.81. The van der Waals surface area contributed by atoms with Crippen molar-refractivity contribution < 1.29 is 13.9 Å². The number of nitrogens with zero attached hydrogens (tertiary/aromatic N) is 4. The van der Waals surface area contributed by atoms with Crippen molar-refractivity contribution in [1.82, 2.24) is 9.78 Å². The van der Waals surface area contributed by atoms with Gasteiger partial charge >= 0.3 is 5.88 Å². The minimum atomic E-state index is 0.358. The van der Waals surface area contributed by atoms with Crippen LogP contribution in [0.5, 0.6) is 11.6 Å². The maximum absolute atomic E-state index is 6.79. The smallest absolute Gasteiger partial charge is 0.373 e. The van der Waals surface area contributed by atoms with E-state index in [9.17, 15) is 0 Å². The number of thiophene rings is 1. The summed E-state index contributed by atoms with van der Waals surface area (Å²) in [5.41, 5.74) is 9.52. The molecule has 0 atom stereocenters. The van der Waals surface area contributed by atoms with Gasteiger partial charge < -0.3 is 4.74 Å². The molecule has 0 saturated heterocycles. The van der Waals surface area contributed by atoms with E-state index in [-0.39, 0.29) is 0 Å². The summed E-state index contributed by atoms with van der Waals surface area (Å²) in [4.78, 5) is 0. The molecule has 0 aliphatic carbocycles. The molecule has 3 heterocycles. The van der Waals surface area contributed by atoms with E-state index >= 15 is 0 Å². The quantitative estimate of drug-likeness (QED) is 0.163. The van der Waals surface area contributed by atoms with Crippen molar-refractivity contribution in [2.75, 3.05) is 0 Å². The largest absolute Gasteiger partial charge is 0.405 e. The van der Waals surface area contributed by atoms with Gasteiger partial charge in [0.1, 0.15) is 18.5 Å². The lowest BCUT2D eigenvalue weighted by atomic mass is 9.92. The van der Waals surface area contributed by atoms with E-state index in [1.54, 1.807) is 0 Å². The molecule has 6 heteroatoms. The van der Waals surface area contributed by atoms with E-state index in [4.69, 9.17) is 9.84 Å². The van der Waals surface area contributed by atoms with E-state index < -0.39 is 0 Å². The lowest BCUT2D eigenvalue weighted by Crippen LogP contribution is -2.33. The first-order valence-corrected chi connectivity index (χ1v) is 17.2. The number of para-hydroxylation sites is 1. The van der Waals surface area contributed by atoms with Crippen LogP contribution in [0.1, 0.15) is 61.8 Å². The molecule has 0 aliphatic rings. The fraction of sp³-hybridized carbons (Fsp3) is 0.244. The Kier molecular flexibility index (Phi) is 7.93. The highest BCUT2D eigenvalue weighted by Crippen LogP contribution is 2.41. The van der Waals surface area contributed by atoms with Gasteiger partial charge in [-0.25, -0.2) is 4.57 Å². The molecule has 0 saturated carbocycles. The number of hydrogen-bond donors (Lipinski definition) is 0. The number of ether oxygens (including phenoxy) is 1. The summed E-state index contributed by atoms with van der Waals surface area (Å²) >= 11 is 1.86. The number of aromatic nitrogens is 4. The lowest BCUT2D eigenvalue weighted by molar-refractivity contribution is -0.665. The van der Waals surface area contributed by atoms with E-state index in [1.165, 1.54) is 48.1 Å². The van der Waals surface area contributed by atoms with Gasteiger partial charge in [-0.15, -0.1) is 11.3 Å². The molecule has 47 heavy (non-hydrogen) atoms. The summed E-state index contributed by atoms with van der Waals surface area (Å²) in [5, 5.41) is 7.55. The maximum Gasteiger partial charge on any atom is 0.373 e. The van der Waals surface area contributed by atoms with Gasteiger partial charge in [-0.1, -0.05) is 87.0 Å². The molecule has 0 amide bonds. The Morgan fingerprint density at radius 1 is 0.745 bits per heavy atom. The van der Waals surface area contributed by atoms with Crippen LogP contribution >= 0.6 is 11.3 Å². The lowest BCUT2D eigenvalue weighted by Gasteiger charge is -2.17. The molecule has 5 nitrogen and oxygen atoms in total. The van der Waals surface area contributed by atoms with Crippen molar-refractivity contribution >= 4 is 31.5 Å². The van der Waals surface area contributed by atoms with Gasteiger partial charge in [-0.05, 0) is 66.6 Å². The van der Waals surface area contributed by atoms with Crippen molar-refractivity contribution in [2.24, 2.45) is 14.1 Å². The Hall–Kier alpha value is -4.81. The summed E-state index contributed by atoms with van der Waals surface area (Å²) in [6, 6.07) is 32.5. The van der Waals surface area contributed by atoms with Crippen LogP contribution in [-0.4, -0.2) is 9.78 Å². The molecule has 7 aromatic rings. The molecule has 236 valence electrons. The van der Waals surface area contributed by atoms with Crippen molar-refractivity contribution in [1.29, 1.82) is 0 Å². The molecule has 3 aromatic heterocycles.